The standard InChI is InChI=1S/C25H30N2O/c1-16-15-26-20(13-17(16)14-24(2,3)4)18-9-8-10-21-22(18)28-23-19(25(5,6)7)11-12-27(21)23/h8-13,15H,14H2,1-7H3/i1D3,14D2. The molecule has 0 aliphatic rings. The number of aromatic nitrogens is 2. The van der Waals surface area contributed by atoms with Crippen molar-refractivity contribution >= 4 is 16.8 Å². The fraction of sp³-hybridized carbons (Fsp3) is 0.400. The summed E-state index contributed by atoms with van der Waals surface area (Å²) in [6.07, 6.45) is 1.38. The minimum atomic E-state index is -2.48. The van der Waals surface area contributed by atoms with Crippen molar-refractivity contribution in [1.82, 2.24) is 9.38 Å². The summed E-state index contributed by atoms with van der Waals surface area (Å²) >= 11 is 0. The molecule has 0 saturated carbocycles. The zero-order valence-electron chi connectivity index (χ0n) is 22.3. The van der Waals surface area contributed by atoms with Crippen molar-refractivity contribution in [3.05, 3.63) is 59.4 Å². The summed E-state index contributed by atoms with van der Waals surface area (Å²) in [6.45, 7) is 9.21. The van der Waals surface area contributed by atoms with E-state index < -0.39 is 18.6 Å². The zero-order chi connectivity index (χ0) is 24.6. The third kappa shape index (κ3) is 3.23. The Morgan fingerprint density at radius 1 is 1.14 bits per heavy atom. The third-order valence-electron chi connectivity index (χ3n) is 4.79. The maximum absolute atomic E-state index is 8.78. The molecular formula is C25H30N2O. The van der Waals surface area contributed by atoms with E-state index in [0.29, 0.717) is 16.8 Å². The first-order valence-electron chi connectivity index (χ1n) is 12.1. The van der Waals surface area contributed by atoms with Crippen LogP contribution in [0.1, 0.15) is 65.1 Å². The van der Waals surface area contributed by atoms with Gasteiger partial charge < -0.3 is 4.42 Å². The molecule has 4 aromatic rings. The van der Waals surface area contributed by atoms with Gasteiger partial charge in [0.15, 0.2) is 5.58 Å². The predicted octanol–water partition coefficient (Wildman–Crippen LogP) is 6.94. The number of oxazole rings is 1. The van der Waals surface area contributed by atoms with Crippen molar-refractivity contribution in [1.29, 1.82) is 0 Å². The van der Waals surface area contributed by atoms with Crippen molar-refractivity contribution in [2.45, 2.75) is 60.2 Å². The second-order valence-corrected chi connectivity index (χ2v) is 9.40. The molecule has 0 fully saturated rings. The van der Waals surface area contributed by atoms with Gasteiger partial charge in [-0.05, 0) is 59.4 Å². The number of rotatable bonds is 2. The Hall–Kier alpha value is -2.55. The summed E-state index contributed by atoms with van der Waals surface area (Å²) in [5.41, 5.74) is 3.67. The van der Waals surface area contributed by atoms with Crippen LogP contribution >= 0.6 is 0 Å². The number of fused-ring (bicyclic) bond motifs is 3. The van der Waals surface area contributed by atoms with Gasteiger partial charge in [-0.15, -0.1) is 0 Å². The molecule has 3 nitrogen and oxygen atoms in total. The van der Waals surface area contributed by atoms with Crippen LogP contribution in [0.5, 0.6) is 0 Å². The number of para-hydroxylation sites is 1. The van der Waals surface area contributed by atoms with Crippen LogP contribution in [0, 0.1) is 12.3 Å². The van der Waals surface area contributed by atoms with E-state index in [1.165, 1.54) is 6.20 Å². The van der Waals surface area contributed by atoms with Gasteiger partial charge in [0.1, 0.15) is 0 Å². The van der Waals surface area contributed by atoms with Gasteiger partial charge in [-0.1, -0.05) is 47.6 Å². The van der Waals surface area contributed by atoms with Crippen molar-refractivity contribution < 1.29 is 11.3 Å². The molecule has 4 rings (SSSR count). The highest BCUT2D eigenvalue weighted by atomic mass is 16.3. The van der Waals surface area contributed by atoms with Gasteiger partial charge in [0, 0.05) is 30.4 Å². The normalized spacial score (nSPS) is 16.6. The summed E-state index contributed by atoms with van der Waals surface area (Å²) < 4.78 is 49.7. The molecule has 0 amide bonds. The van der Waals surface area contributed by atoms with Gasteiger partial charge in [-0.25, -0.2) is 0 Å². The molecule has 0 aliphatic carbocycles. The van der Waals surface area contributed by atoms with Gasteiger partial charge in [-0.2, -0.15) is 0 Å². The van der Waals surface area contributed by atoms with Crippen LogP contribution in [-0.4, -0.2) is 9.38 Å². The lowest BCUT2D eigenvalue weighted by atomic mass is 9.86. The smallest absolute Gasteiger partial charge is 0.208 e. The average Bonchev–Trinajstić information content (AvgIpc) is 3.24. The van der Waals surface area contributed by atoms with Crippen LogP contribution in [0.2, 0.25) is 0 Å². The van der Waals surface area contributed by atoms with Crippen LogP contribution in [0.3, 0.4) is 0 Å². The van der Waals surface area contributed by atoms with Crippen LogP contribution in [0.15, 0.2) is 47.1 Å². The summed E-state index contributed by atoms with van der Waals surface area (Å²) in [5.74, 6) is 0. The highest BCUT2D eigenvalue weighted by molar-refractivity contribution is 5.92. The maximum atomic E-state index is 8.78. The first-order chi connectivity index (χ1) is 15.0. The molecule has 28 heavy (non-hydrogen) atoms. The van der Waals surface area contributed by atoms with E-state index >= 15 is 0 Å². The number of hydrogen-bond acceptors (Lipinski definition) is 2. The van der Waals surface area contributed by atoms with Crippen LogP contribution in [0.4, 0.5) is 0 Å². The van der Waals surface area contributed by atoms with Crippen molar-refractivity contribution in [2.24, 2.45) is 5.41 Å². The molecule has 0 atom stereocenters. The number of benzene rings is 1. The quantitative estimate of drug-likeness (QED) is 0.377. The van der Waals surface area contributed by atoms with Crippen LogP contribution in [-0.2, 0) is 11.8 Å². The van der Waals surface area contributed by atoms with Gasteiger partial charge in [0.25, 0.3) is 0 Å². The van der Waals surface area contributed by atoms with E-state index in [4.69, 9.17) is 11.3 Å². The Bertz CT molecular complexity index is 1350. The molecular weight excluding hydrogens is 344 g/mol. The molecule has 146 valence electrons. The Labute approximate surface area is 174 Å². The van der Waals surface area contributed by atoms with Crippen LogP contribution < -0.4 is 0 Å². The largest absolute Gasteiger partial charge is 0.437 e. The second kappa shape index (κ2) is 6.23. The summed E-state index contributed by atoms with van der Waals surface area (Å²) in [7, 11) is 0. The molecule has 0 radical (unpaired) electrons. The van der Waals surface area contributed by atoms with Crippen molar-refractivity contribution in [3.8, 4) is 11.3 Å². The zero-order valence-corrected chi connectivity index (χ0v) is 17.3. The Morgan fingerprint density at radius 3 is 2.61 bits per heavy atom. The van der Waals surface area contributed by atoms with E-state index in [1.54, 1.807) is 26.8 Å². The first kappa shape index (κ1) is 13.6. The van der Waals surface area contributed by atoms with Gasteiger partial charge in [0.05, 0.1) is 11.2 Å². The third-order valence-corrected chi connectivity index (χ3v) is 4.79. The molecule has 0 aliphatic heterocycles. The molecule has 1 aromatic carbocycles. The number of aryl methyl sites for hydroxylation is 1. The second-order valence-electron chi connectivity index (χ2n) is 9.40. The average molecular weight is 380 g/mol. The summed E-state index contributed by atoms with van der Waals surface area (Å²) in [6, 6.07) is 9.37. The fourth-order valence-electron chi connectivity index (χ4n) is 3.51. The highest BCUT2D eigenvalue weighted by Crippen LogP contribution is 2.36. The summed E-state index contributed by atoms with van der Waals surface area (Å²) in [4.78, 5) is 4.45. The molecule has 0 spiro atoms. The Morgan fingerprint density at radius 2 is 1.93 bits per heavy atom. The summed E-state index contributed by atoms with van der Waals surface area (Å²) in [5, 5.41) is 0. The Kier molecular flexibility index (Phi) is 3.03. The van der Waals surface area contributed by atoms with Gasteiger partial charge >= 0.3 is 0 Å². The van der Waals surface area contributed by atoms with E-state index in [1.807, 2.05) is 28.8 Å². The predicted molar refractivity (Wildman–Crippen MR) is 117 cm³/mol. The number of hydrogen-bond donors (Lipinski definition) is 0. The van der Waals surface area contributed by atoms with E-state index in [9.17, 15) is 0 Å². The molecule has 3 heterocycles. The minimum absolute atomic E-state index is 0.0686. The number of pyridine rings is 1. The molecule has 3 aromatic heterocycles. The van der Waals surface area contributed by atoms with E-state index in [2.05, 4.69) is 31.8 Å². The van der Waals surface area contributed by atoms with Crippen molar-refractivity contribution in [2.75, 3.05) is 0 Å². The van der Waals surface area contributed by atoms with E-state index in [-0.39, 0.29) is 16.5 Å². The van der Waals surface area contributed by atoms with Crippen molar-refractivity contribution in [3.63, 3.8) is 0 Å². The molecule has 0 bridgehead atoms. The first-order valence-corrected chi connectivity index (χ1v) is 9.58. The van der Waals surface area contributed by atoms with Gasteiger partial charge in [0.2, 0.25) is 5.71 Å². The highest BCUT2D eigenvalue weighted by Gasteiger charge is 2.23. The maximum Gasteiger partial charge on any atom is 0.208 e. The Balaban J connectivity index is 2.00. The topological polar surface area (TPSA) is 30.4 Å². The molecule has 0 unspecified atom stereocenters. The lowest BCUT2D eigenvalue weighted by Gasteiger charge is -2.20. The molecule has 0 saturated heterocycles. The number of nitrogens with zero attached hydrogens (tertiary/aromatic N) is 2. The monoisotopic (exact) mass is 379 g/mol. The molecule has 0 N–H and O–H groups in total. The fourth-order valence-corrected chi connectivity index (χ4v) is 3.51. The van der Waals surface area contributed by atoms with Crippen LogP contribution in [0.25, 0.3) is 28.1 Å². The SMILES string of the molecule is [2H]C([2H])([2H])c1cnc(-c2cccc3c2oc2c(C(C)(C)C)ccn23)cc1C([2H])([2H])C(C)(C)C. The van der Waals surface area contributed by atoms with Gasteiger partial charge in [-0.3, -0.25) is 9.38 Å². The van der Waals surface area contributed by atoms with E-state index in [0.717, 1.165) is 16.8 Å². The lowest BCUT2D eigenvalue weighted by Crippen LogP contribution is -2.10. The minimum Gasteiger partial charge on any atom is -0.437 e. The lowest BCUT2D eigenvalue weighted by molar-refractivity contribution is 0.410. The molecule has 3 heteroatoms.